The van der Waals surface area contributed by atoms with E-state index in [-0.39, 0.29) is 44.8 Å². The fourth-order valence-corrected chi connectivity index (χ4v) is 14.3. The molecule has 0 saturated carbocycles. The van der Waals surface area contributed by atoms with Crippen LogP contribution in [0, 0.1) is 0 Å². The fraction of sp³-hybridized carbons (Fsp3) is 0.808. The van der Waals surface area contributed by atoms with Gasteiger partial charge in [0, 0.05) is 56.1 Å². The van der Waals surface area contributed by atoms with Crippen molar-refractivity contribution in [2.45, 2.75) is 387 Å². The van der Waals surface area contributed by atoms with E-state index >= 15 is 0 Å². The SMILES string of the molecule is CC(N)CCCCCCCC(N)CCCCCCCC(N)CCCCCCCC(N)CCCCCCCC(N)CCCCCCCC(O)CCNC(=O)CC(O)CC(O)C1CCCN1C(=O)C1NC(=O)C(CC(N)=O)NC(=O)C(NC(=O)[C@H](Cc2ccccc2)NC(=O)CC(N)C(=O)O)CC(=O)NC1C. The number of carbonyl (C=O) groups is 9. The van der Waals surface area contributed by atoms with Crippen LogP contribution in [0.3, 0.4) is 0 Å². The van der Waals surface area contributed by atoms with Gasteiger partial charge in [-0.05, 0) is 103 Å². The third kappa shape index (κ3) is 43.6. The maximum absolute atomic E-state index is 14.5. The molecule has 2 saturated heterocycles. The summed E-state index contributed by atoms with van der Waals surface area (Å²) in [4.78, 5) is 121. The summed E-state index contributed by atoms with van der Waals surface area (Å²) in [7, 11) is 0. The number of amides is 8. The number of primary amides is 1. The number of likely N-dealkylation sites (tertiary alicyclic amines) is 1. The van der Waals surface area contributed by atoms with Gasteiger partial charge in [0.2, 0.25) is 47.3 Å². The second-order valence-electron chi connectivity index (χ2n) is 30.7. The monoisotopic (exact) mass is 1480 g/mol. The molecule has 0 bridgehead atoms. The van der Waals surface area contributed by atoms with E-state index in [4.69, 9.17) is 40.1 Å². The Morgan fingerprint density at radius 1 is 0.562 bits per heavy atom. The Bertz CT molecular complexity index is 2610. The van der Waals surface area contributed by atoms with Crippen LogP contribution in [0.25, 0.3) is 0 Å². The van der Waals surface area contributed by atoms with E-state index < -0.39 is 133 Å². The third-order valence-electron chi connectivity index (χ3n) is 20.7. The van der Waals surface area contributed by atoms with Gasteiger partial charge in [-0.25, -0.2) is 0 Å². The number of carboxylic acid groups (broad SMARTS) is 1. The van der Waals surface area contributed by atoms with Crippen molar-refractivity contribution in [3.63, 3.8) is 0 Å². The Hall–Kier alpha value is -5.91. The second kappa shape index (κ2) is 55.5. The molecule has 1 aromatic carbocycles. The molecule has 2 aliphatic rings. The second-order valence-corrected chi connectivity index (χ2v) is 30.7. The molecule has 8 amide bonds. The lowest BCUT2D eigenvalue weighted by Gasteiger charge is -2.35. The number of nitrogens with zero attached hydrogens (tertiary/aromatic N) is 1. The molecule has 0 aromatic heterocycles. The standard InChI is InChI=1S/C78H142N14O13/c1-54(79)32-19-8-3-9-22-35-57(80)36-23-10-4-11-24-37-58(81)38-25-12-5-13-26-39-59(82)40-27-14-6-15-28-41-60(83)42-29-16-7-17-30-43-61(93)45-46-86-70(97)50-62(94)49-68(95)67-44-31-47-92(67)77(103)73-55(2)87-72(99)53-66(75(101)89-65(52-69(85)96)76(102)91-73)90-74(100)64(48-56-33-20-18-21-34-56)88-71(98)51-63(84)78(104)105/h18,20-21,33-34,54-55,57-68,73,93-95H,3-17,19,22-32,35-53,79-84H2,1-2H3,(H2,85,96)(H,86,97)(H,87,99)(H,88,98)(H,89,101)(H,90,100)(H,91,102)(H,104,105)/t54?,55?,57?,58?,59?,60?,61?,62?,63?,64-,65?,66?,67?,68?,73?/m0/s1. The number of unbranched alkanes of at least 4 members (excludes halogenated alkanes) is 20. The van der Waals surface area contributed by atoms with Gasteiger partial charge in [-0.15, -0.1) is 0 Å². The van der Waals surface area contributed by atoms with E-state index in [1.165, 1.54) is 140 Å². The first-order valence-electron chi connectivity index (χ1n) is 40.4. The molecule has 3 rings (SSSR count). The van der Waals surface area contributed by atoms with E-state index in [2.05, 4.69) is 38.8 Å². The number of nitrogens with one attached hydrogen (secondary N) is 6. The van der Waals surface area contributed by atoms with Crippen LogP contribution in [-0.2, 0) is 49.6 Å². The van der Waals surface area contributed by atoms with Crippen molar-refractivity contribution in [2.24, 2.45) is 40.1 Å². The maximum Gasteiger partial charge on any atom is 0.321 e. The number of rotatable bonds is 59. The number of aliphatic hydroxyl groups is 3. The van der Waals surface area contributed by atoms with E-state index in [0.717, 1.165) is 89.9 Å². The molecular weight excluding hydrogens is 1340 g/mol. The third-order valence-corrected chi connectivity index (χ3v) is 20.7. The molecular formula is C78H142N14O13. The van der Waals surface area contributed by atoms with Crippen molar-refractivity contribution in [1.29, 1.82) is 0 Å². The summed E-state index contributed by atoms with van der Waals surface area (Å²) in [6.07, 6.45) is 35.5. The number of carboxylic acids is 1. The van der Waals surface area contributed by atoms with E-state index in [1.54, 1.807) is 30.3 Å². The predicted molar refractivity (Wildman–Crippen MR) is 411 cm³/mol. The Morgan fingerprint density at radius 3 is 1.48 bits per heavy atom. The molecule has 2 heterocycles. The number of aliphatic hydroxyl groups excluding tert-OH is 3. The zero-order chi connectivity index (χ0) is 77.3. The van der Waals surface area contributed by atoms with E-state index in [0.29, 0.717) is 49.0 Å². The van der Waals surface area contributed by atoms with Crippen LogP contribution in [-0.4, -0.2) is 182 Å². The van der Waals surface area contributed by atoms with Crippen molar-refractivity contribution in [3.05, 3.63) is 35.9 Å². The summed E-state index contributed by atoms with van der Waals surface area (Å²) in [5.74, 6) is -8.62. The Labute approximate surface area is 627 Å². The zero-order valence-corrected chi connectivity index (χ0v) is 64.0. The van der Waals surface area contributed by atoms with E-state index in [9.17, 15) is 63.6 Å². The van der Waals surface area contributed by atoms with Crippen LogP contribution in [0.2, 0.25) is 0 Å². The molecule has 27 heteroatoms. The normalized spacial score (nSPS) is 20.2. The summed E-state index contributed by atoms with van der Waals surface area (Å²) in [6.45, 7) is 3.78. The minimum Gasteiger partial charge on any atom is -0.480 e. The van der Waals surface area contributed by atoms with Crippen LogP contribution in [0.4, 0.5) is 0 Å². The summed E-state index contributed by atoms with van der Waals surface area (Å²) in [5.41, 5.74) is 43.2. The molecule has 24 N–H and O–H groups in total. The number of nitrogens with two attached hydrogens (primary N) is 7. The lowest BCUT2D eigenvalue weighted by molar-refractivity contribution is -0.141. The van der Waals surface area contributed by atoms with Crippen LogP contribution in [0.1, 0.15) is 296 Å². The zero-order valence-electron chi connectivity index (χ0n) is 64.0. The molecule has 27 nitrogen and oxygen atoms in total. The van der Waals surface area contributed by atoms with Gasteiger partial charge in [-0.1, -0.05) is 191 Å². The van der Waals surface area contributed by atoms with Crippen molar-refractivity contribution >= 4 is 53.2 Å². The van der Waals surface area contributed by atoms with Gasteiger partial charge in [0.15, 0.2) is 0 Å². The van der Waals surface area contributed by atoms with Crippen LogP contribution >= 0.6 is 0 Å². The first kappa shape index (κ1) is 93.3. The molecule has 15 atom stereocenters. The lowest BCUT2D eigenvalue weighted by atomic mass is 9.98. The molecule has 105 heavy (non-hydrogen) atoms. The van der Waals surface area contributed by atoms with Gasteiger partial charge >= 0.3 is 5.97 Å². The Morgan fingerprint density at radius 2 is 1.02 bits per heavy atom. The van der Waals surface area contributed by atoms with Crippen molar-refractivity contribution in [1.82, 2.24) is 36.8 Å². The highest BCUT2D eigenvalue weighted by molar-refractivity contribution is 5.99. The topological polar surface area (TPSA) is 492 Å². The first-order valence-corrected chi connectivity index (χ1v) is 40.4. The molecule has 0 aliphatic carbocycles. The highest BCUT2D eigenvalue weighted by atomic mass is 16.4. The van der Waals surface area contributed by atoms with Crippen molar-refractivity contribution < 1.29 is 63.6 Å². The average Bonchev–Trinajstić information content (AvgIpc) is 1.79. The minimum absolute atomic E-state index is 0.104. The highest BCUT2D eigenvalue weighted by Crippen LogP contribution is 2.26. The summed E-state index contributed by atoms with van der Waals surface area (Å²) in [6, 6.07) is -0.180. The highest BCUT2D eigenvalue weighted by Gasteiger charge is 2.43. The first-order chi connectivity index (χ1) is 50.2. The van der Waals surface area contributed by atoms with Crippen LogP contribution < -0.4 is 72.0 Å². The summed E-state index contributed by atoms with van der Waals surface area (Å²) < 4.78 is 0. The number of hydrogen-bond acceptors (Lipinski definition) is 18. The molecule has 1 aromatic rings. The molecule has 2 fully saturated rings. The van der Waals surface area contributed by atoms with Crippen LogP contribution in [0.15, 0.2) is 30.3 Å². The van der Waals surface area contributed by atoms with E-state index in [1.807, 2.05) is 0 Å². The Kier molecular flexibility index (Phi) is 49.3. The molecule has 0 radical (unpaired) electrons. The van der Waals surface area contributed by atoms with Crippen molar-refractivity contribution in [2.75, 3.05) is 13.1 Å². The van der Waals surface area contributed by atoms with Gasteiger partial charge < -0.3 is 97.4 Å². The smallest absolute Gasteiger partial charge is 0.321 e. The predicted octanol–water partition coefficient (Wildman–Crippen LogP) is 5.42. The van der Waals surface area contributed by atoms with Gasteiger partial charge in [0.25, 0.3) is 0 Å². The summed E-state index contributed by atoms with van der Waals surface area (Å²) >= 11 is 0. The number of aliphatic carboxylic acids is 1. The lowest BCUT2D eigenvalue weighted by Crippen LogP contribution is -2.62. The summed E-state index contributed by atoms with van der Waals surface area (Å²) in [5, 5.41) is 57.3. The van der Waals surface area contributed by atoms with Crippen LogP contribution in [0.5, 0.6) is 0 Å². The van der Waals surface area contributed by atoms with Gasteiger partial charge in [0.05, 0.1) is 56.1 Å². The van der Waals surface area contributed by atoms with Crippen molar-refractivity contribution in [3.8, 4) is 0 Å². The number of hydrogen-bond donors (Lipinski definition) is 17. The maximum atomic E-state index is 14.5. The quantitative estimate of drug-likeness (QED) is 0.0362. The Balaban J connectivity index is 1.24. The number of benzene rings is 1. The molecule has 2 aliphatic heterocycles. The minimum atomic E-state index is -1.73. The number of carbonyl (C=O) groups excluding carboxylic acids is 8. The average molecular weight is 1480 g/mol. The largest absolute Gasteiger partial charge is 0.480 e. The molecule has 0 spiro atoms. The van der Waals surface area contributed by atoms with Gasteiger partial charge in [-0.2, -0.15) is 0 Å². The fourth-order valence-electron chi connectivity index (χ4n) is 14.3. The molecule has 14 unspecified atom stereocenters. The van der Waals surface area contributed by atoms with Gasteiger partial charge in [-0.3, -0.25) is 43.2 Å². The van der Waals surface area contributed by atoms with Gasteiger partial charge in [0.1, 0.15) is 30.2 Å². The molecule has 602 valence electrons.